The van der Waals surface area contributed by atoms with E-state index in [2.05, 4.69) is 6.92 Å². The Labute approximate surface area is 49.1 Å². The Balaban J connectivity index is 0. The fourth-order valence-electron chi connectivity index (χ4n) is 0. The second-order valence-corrected chi connectivity index (χ2v) is 0.887. The summed E-state index contributed by atoms with van der Waals surface area (Å²) in [7, 11) is 0. The van der Waals surface area contributed by atoms with Gasteiger partial charge >= 0.3 is 17.1 Å². The van der Waals surface area contributed by atoms with Crippen molar-refractivity contribution in [1.82, 2.24) is 0 Å². The van der Waals surface area contributed by atoms with Crippen molar-refractivity contribution in [2.24, 2.45) is 0 Å². The molecule has 0 heterocycles. The van der Waals surface area contributed by atoms with Gasteiger partial charge in [0.2, 0.25) is 0 Å². The molecule has 0 amide bonds. The van der Waals surface area contributed by atoms with Crippen LogP contribution in [0.25, 0.3) is 5.73 Å². The van der Waals surface area contributed by atoms with Crippen LogP contribution in [0.3, 0.4) is 0 Å². The molecule has 0 bridgehead atoms. The van der Waals surface area contributed by atoms with Gasteiger partial charge < -0.3 is 11.4 Å². The van der Waals surface area contributed by atoms with Crippen LogP contribution in [0.1, 0.15) is 6.92 Å². The van der Waals surface area contributed by atoms with Gasteiger partial charge in [-0.1, -0.05) is 0 Å². The SMILES string of the molecule is [CH2-]/C=C(/C)[NH-].[Mn+2]. The van der Waals surface area contributed by atoms with Gasteiger partial charge in [0.1, 0.15) is 0 Å². The van der Waals surface area contributed by atoms with Gasteiger partial charge in [-0.15, -0.1) is 6.92 Å². The monoisotopic (exact) mass is 124 g/mol. The van der Waals surface area contributed by atoms with Crippen LogP contribution in [0.5, 0.6) is 0 Å². The van der Waals surface area contributed by atoms with Gasteiger partial charge in [0.25, 0.3) is 0 Å². The van der Waals surface area contributed by atoms with Crippen LogP contribution in [0, 0.1) is 6.92 Å². The fraction of sp³-hybridized carbons (Fsp3) is 0.250. The molecule has 0 aromatic carbocycles. The van der Waals surface area contributed by atoms with E-state index < -0.39 is 0 Å². The largest absolute Gasteiger partial charge is 2.00 e. The molecule has 1 nitrogen and oxygen atoms in total. The first-order valence-electron chi connectivity index (χ1n) is 1.45. The molecule has 0 saturated heterocycles. The predicted molar refractivity (Wildman–Crippen MR) is 23.4 cm³/mol. The summed E-state index contributed by atoms with van der Waals surface area (Å²) >= 11 is 0. The van der Waals surface area contributed by atoms with Gasteiger partial charge in [-0.25, -0.2) is 6.92 Å². The van der Waals surface area contributed by atoms with E-state index in [1.807, 2.05) is 0 Å². The summed E-state index contributed by atoms with van der Waals surface area (Å²) in [6.45, 7) is 5.02. The second-order valence-electron chi connectivity index (χ2n) is 0.887. The first-order valence-corrected chi connectivity index (χ1v) is 1.45. The van der Waals surface area contributed by atoms with Crippen LogP contribution >= 0.6 is 0 Å². The van der Waals surface area contributed by atoms with E-state index in [1.165, 1.54) is 6.08 Å². The van der Waals surface area contributed by atoms with E-state index in [-0.39, 0.29) is 17.1 Å². The Hall–Kier alpha value is -0.0705. The summed E-state index contributed by atoms with van der Waals surface area (Å²) in [6.07, 6.45) is 1.50. The molecule has 0 aliphatic carbocycles. The molecule has 0 aromatic heterocycles. The second kappa shape index (κ2) is 4.93. The zero-order chi connectivity index (χ0) is 4.28. The van der Waals surface area contributed by atoms with Crippen molar-refractivity contribution < 1.29 is 17.1 Å². The molecule has 6 heavy (non-hydrogen) atoms. The molecule has 35 valence electrons. The third-order valence-electron chi connectivity index (χ3n) is 0.306. The van der Waals surface area contributed by atoms with Crippen LogP contribution in [0.15, 0.2) is 11.8 Å². The van der Waals surface area contributed by atoms with Crippen molar-refractivity contribution in [3.63, 3.8) is 0 Å². The number of hydrogen-bond donors (Lipinski definition) is 0. The Morgan fingerprint density at radius 2 is 2.00 bits per heavy atom. The summed E-state index contributed by atoms with van der Waals surface area (Å²) in [5, 5.41) is 0. The Kier molecular flexibility index (Phi) is 7.67. The maximum Gasteiger partial charge on any atom is 2.00 e. The molecular weight excluding hydrogens is 117 g/mol. The molecule has 0 aliphatic heterocycles. The summed E-state index contributed by atoms with van der Waals surface area (Å²) in [5.74, 6) is 0. The zero-order valence-corrected chi connectivity index (χ0v) is 4.84. The van der Waals surface area contributed by atoms with Crippen molar-refractivity contribution >= 4 is 0 Å². The zero-order valence-electron chi connectivity index (χ0n) is 3.66. The maximum absolute atomic E-state index is 6.62. The molecule has 0 aromatic rings. The normalized spacial score (nSPS) is 9.83. The molecule has 0 spiro atoms. The smallest absolute Gasteiger partial charge is 0.787 e. The number of allylic oxidation sites excluding steroid dienone is 2. The minimum Gasteiger partial charge on any atom is -0.787 e. The van der Waals surface area contributed by atoms with E-state index in [0.29, 0.717) is 5.70 Å². The summed E-state index contributed by atoms with van der Waals surface area (Å²) in [6, 6.07) is 0. The van der Waals surface area contributed by atoms with Gasteiger partial charge in [-0.05, 0) is 0 Å². The fourth-order valence-corrected chi connectivity index (χ4v) is 0. The quantitative estimate of drug-likeness (QED) is 0.347. The van der Waals surface area contributed by atoms with Gasteiger partial charge in [0, 0.05) is 0 Å². The Morgan fingerprint density at radius 3 is 2.00 bits per heavy atom. The molecule has 0 atom stereocenters. The van der Waals surface area contributed by atoms with Crippen molar-refractivity contribution in [2.45, 2.75) is 6.92 Å². The van der Waals surface area contributed by atoms with E-state index in [4.69, 9.17) is 5.73 Å². The third-order valence-corrected chi connectivity index (χ3v) is 0.306. The molecule has 2 heteroatoms. The average Bonchev–Trinajstić information content (AvgIpc) is 1.38. The summed E-state index contributed by atoms with van der Waals surface area (Å²) < 4.78 is 0. The van der Waals surface area contributed by atoms with Crippen LogP contribution in [-0.4, -0.2) is 0 Å². The predicted octanol–water partition coefficient (Wildman–Crippen LogP) is 1.77. The van der Waals surface area contributed by atoms with Gasteiger partial charge in [0.15, 0.2) is 0 Å². The van der Waals surface area contributed by atoms with Crippen LogP contribution < -0.4 is 0 Å². The van der Waals surface area contributed by atoms with Crippen molar-refractivity contribution in [3.05, 3.63) is 24.4 Å². The summed E-state index contributed by atoms with van der Waals surface area (Å²) in [5.41, 5.74) is 7.14. The maximum atomic E-state index is 6.62. The van der Waals surface area contributed by atoms with Crippen LogP contribution in [0.2, 0.25) is 0 Å². The van der Waals surface area contributed by atoms with Crippen molar-refractivity contribution in [2.75, 3.05) is 0 Å². The van der Waals surface area contributed by atoms with E-state index >= 15 is 0 Å². The van der Waals surface area contributed by atoms with Crippen LogP contribution in [-0.2, 0) is 17.1 Å². The van der Waals surface area contributed by atoms with E-state index in [1.54, 1.807) is 6.92 Å². The number of hydrogen-bond acceptors (Lipinski definition) is 0. The minimum atomic E-state index is 0. The van der Waals surface area contributed by atoms with Gasteiger partial charge in [0.05, 0.1) is 0 Å². The van der Waals surface area contributed by atoms with Gasteiger partial charge in [-0.3, -0.25) is 6.08 Å². The van der Waals surface area contributed by atoms with Crippen LogP contribution in [0.4, 0.5) is 0 Å². The molecule has 0 fully saturated rings. The molecule has 1 N–H and O–H groups in total. The molecule has 0 saturated carbocycles. The van der Waals surface area contributed by atoms with Crippen molar-refractivity contribution in [1.29, 1.82) is 0 Å². The number of nitrogens with one attached hydrogen (secondary N) is 1. The molecule has 1 radical (unpaired) electrons. The third kappa shape index (κ3) is 9.06. The Morgan fingerprint density at radius 1 is 1.83 bits per heavy atom. The minimum absolute atomic E-state index is 0. The number of rotatable bonds is 0. The average molecular weight is 124 g/mol. The molecular formula is C4H7MnN. The summed E-state index contributed by atoms with van der Waals surface area (Å²) in [4.78, 5) is 0. The van der Waals surface area contributed by atoms with Crippen molar-refractivity contribution in [3.8, 4) is 0 Å². The molecule has 0 aliphatic rings. The van der Waals surface area contributed by atoms with E-state index in [0.717, 1.165) is 0 Å². The first kappa shape index (κ1) is 9.33. The first-order chi connectivity index (χ1) is 2.27. The van der Waals surface area contributed by atoms with Gasteiger partial charge in [-0.2, -0.15) is 0 Å². The Bertz CT molecular complexity index is 45.5. The molecule has 0 rings (SSSR count). The van der Waals surface area contributed by atoms with E-state index in [9.17, 15) is 0 Å². The topological polar surface area (TPSA) is 23.8 Å². The molecule has 0 unspecified atom stereocenters. The standard InChI is InChI=1S/C4H7N.Mn/c1-3-4(2)5;/h3,5H,1H2,2H3;/q-2;+2/b4-3-;.